The van der Waals surface area contributed by atoms with E-state index in [4.69, 9.17) is 18.9 Å². The molecule has 0 unspecified atom stereocenters. The maximum absolute atomic E-state index is 9.58. The number of ether oxygens (including phenoxy) is 4. The molecule has 8 aromatic rings. The zero-order chi connectivity index (χ0) is 57.3. The second-order valence-electron chi connectivity index (χ2n) is 23.7. The van der Waals surface area contributed by atoms with Crippen LogP contribution in [-0.4, -0.2) is 73.3 Å². The minimum atomic E-state index is -0.591. The zero-order valence-electron chi connectivity index (χ0n) is 48.9. The quantitative estimate of drug-likeness (QED) is 0.0756. The predicted octanol–water partition coefficient (Wildman–Crippen LogP) is 14.0. The van der Waals surface area contributed by atoms with Crippen LogP contribution in [0.4, 0.5) is 0 Å². The van der Waals surface area contributed by atoms with Crippen molar-refractivity contribution in [3.63, 3.8) is 0 Å². The molecular weight excluding hydrogens is 993 g/mol. The molecule has 0 amide bonds. The summed E-state index contributed by atoms with van der Waals surface area (Å²) in [6.45, 7) is 26.9. The SMILES string of the molecule is Cc1cc(C2(c3cc(C)c(OCCO)c(C)c3)c3ccccc3-c3ccccc32)cc(C)c1OCCO.Cc1cc(OCCO)c(C(C)(C)C)cc1C1(c2cc(C(C)(C)C)c(OCCO)cc2C)c2ccccc2-c2ccccc21. The number of aryl methyl sites for hydroxylation is 6. The first-order valence-electron chi connectivity index (χ1n) is 28.2. The van der Waals surface area contributed by atoms with E-state index in [0.29, 0.717) is 0 Å². The van der Waals surface area contributed by atoms with Crippen molar-refractivity contribution in [1.29, 1.82) is 0 Å². The van der Waals surface area contributed by atoms with E-state index in [-0.39, 0.29) is 63.7 Å². The van der Waals surface area contributed by atoms with Crippen LogP contribution in [0.15, 0.2) is 146 Å². The van der Waals surface area contributed by atoms with Crippen molar-refractivity contribution in [2.45, 2.75) is 105 Å². The summed E-state index contributed by atoms with van der Waals surface area (Å²) in [6, 6.07) is 53.0. The van der Waals surface area contributed by atoms with Gasteiger partial charge in [0.1, 0.15) is 49.4 Å². The largest absolute Gasteiger partial charge is 0.491 e. The van der Waals surface area contributed by atoms with Crippen molar-refractivity contribution in [2.75, 3.05) is 52.9 Å². The minimum absolute atomic E-state index is 0.0193. The van der Waals surface area contributed by atoms with Gasteiger partial charge in [-0.25, -0.2) is 0 Å². The van der Waals surface area contributed by atoms with Crippen molar-refractivity contribution < 1.29 is 39.4 Å². The summed E-state index contributed by atoms with van der Waals surface area (Å²) in [5.74, 6) is 3.29. The molecule has 0 spiro atoms. The molecule has 0 heterocycles. The third kappa shape index (κ3) is 10.1. The first-order chi connectivity index (χ1) is 38.3. The van der Waals surface area contributed by atoms with E-state index >= 15 is 0 Å². The lowest BCUT2D eigenvalue weighted by molar-refractivity contribution is 0.198. The lowest BCUT2D eigenvalue weighted by Crippen LogP contribution is -2.32. The van der Waals surface area contributed by atoms with Gasteiger partial charge >= 0.3 is 0 Å². The molecule has 0 saturated heterocycles. The molecule has 0 saturated carbocycles. The number of rotatable bonds is 16. The first kappa shape index (κ1) is 57.5. The Balaban J connectivity index is 0.000000196. The van der Waals surface area contributed by atoms with Crippen molar-refractivity contribution in [2.24, 2.45) is 0 Å². The molecule has 0 fully saturated rings. The van der Waals surface area contributed by atoms with Crippen LogP contribution in [0.2, 0.25) is 0 Å². The van der Waals surface area contributed by atoms with Crippen LogP contribution in [0.25, 0.3) is 22.3 Å². The van der Waals surface area contributed by atoms with Crippen LogP contribution in [0, 0.1) is 41.5 Å². The Morgan fingerprint density at radius 2 is 0.600 bits per heavy atom. The Labute approximate surface area is 474 Å². The molecule has 4 N–H and O–H groups in total. The summed E-state index contributed by atoms with van der Waals surface area (Å²) in [4.78, 5) is 0. The number of benzene rings is 8. The molecule has 0 aromatic heterocycles. The van der Waals surface area contributed by atoms with Gasteiger partial charge in [0, 0.05) is 0 Å². The molecule has 2 aliphatic carbocycles. The van der Waals surface area contributed by atoms with Gasteiger partial charge in [0.15, 0.2) is 0 Å². The van der Waals surface area contributed by atoms with E-state index in [2.05, 4.69) is 229 Å². The molecule has 8 heteroatoms. The first-order valence-corrected chi connectivity index (χ1v) is 28.2. The number of aliphatic hydroxyl groups is 4. The van der Waals surface area contributed by atoms with Gasteiger partial charge < -0.3 is 39.4 Å². The van der Waals surface area contributed by atoms with Gasteiger partial charge in [-0.15, -0.1) is 0 Å². The number of fused-ring (bicyclic) bond motifs is 6. The molecule has 80 heavy (non-hydrogen) atoms. The van der Waals surface area contributed by atoms with Gasteiger partial charge in [-0.05, 0) is 188 Å². The van der Waals surface area contributed by atoms with Crippen LogP contribution < -0.4 is 18.9 Å². The summed E-state index contributed by atoms with van der Waals surface area (Å²) in [6.07, 6.45) is 0. The molecule has 0 aliphatic heterocycles. The highest BCUT2D eigenvalue weighted by Gasteiger charge is 2.50. The average Bonchev–Trinajstić information content (AvgIpc) is 4.02. The summed E-state index contributed by atoms with van der Waals surface area (Å²) in [5, 5.41) is 37.8. The molecule has 8 aromatic carbocycles. The molecule has 416 valence electrons. The molecule has 10 rings (SSSR count). The van der Waals surface area contributed by atoms with Gasteiger partial charge in [-0.1, -0.05) is 163 Å². The van der Waals surface area contributed by atoms with Crippen molar-refractivity contribution in [3.8, 4) is 45.3 Å². The highest BCUT2D eigenvalue weighted by molar-refractivity contribution is 5.88. The van der Waals surface area contributed by atoms with Crippen LogP contribution in [0.5, 0.6) is 23.0 Å². The summed E-state index contributed by atoms with van der Waals surface area (Å²) in [7, 11) is 0. The summed E-state index contributed by atoms with van der Waals surface area (Å²) in [5.41, 5.74) is 21.9. The highest BCUT2D eigenvalue weighted by Crippen LogP contribution is 2.60. The van der Waals surface area contributed by atoms with Crippen molar-refractivity contribution in [1.82, 2.24) is 0 Å². The van der Waals surface area contributed by atoms with Gasteiger partial charge in [-0.2, -0.15) is 0 Å². The average molecular weight is 1070 g/mol. The zero-order valence-corrected chi connectivity index (χ0v) is 48.9. The van der Waals surface area contributed by atoms with Crippen LogP contribution in [0.1, 0.15) is 131 Å². The number of aliphatic hydroxyl groups excluding tert-OH is 4. The Morgan fingerprint density at radius 1 is 0.325 bits per heavy atom. The minimum Gasteiger partial charge on any atom is -0.491 e. The molecule has 8 nitrogen and oxygen atoms in total. The normalized spacial score (nSPS) is 13.6. The van der Waals surface area contributed by atoms with Crippen LogP contribution >= 0.6 is 0 Å². The lowest BCUT2D eigenvalue weighted by Gasteiger charge is -2.39. The second kappa shape index (κ2) is 23.1. The summed E-state index contributed by atoms with van der Waals surface area (Å²) < 4.78 is 24.1. The summed E-state index contributed by atoms with van der Waals surface area (Å²) >= 11 is 0. The molecule has 0 atom stereocenters. The molecule has 0 radical (unpaired) electrons. The van der Waals surface area contributed by atoms with Gasteiger partial charge in [-0.3, -0.25) is 0 Å². The molecule has 0 bridgehead atoms. The maximum Gasteiger partial charge on any atom is 0.125 e. The fourth-order valence-electron chi connectivity index (χ4n) is 13.0. The van der Waals surface area contributed by atoms with Crippen molar-refractivity contribution >= 4 is 0 Å². The van der Waals surface area contributed by atoms with E-state index < -0.39 is 10.8 Å². The van der Waals surface area contributed by atoms with Gasteiger partial charge in [0.25, 0.3) is 0 Å². The Bertz CT molecular complexity index is 3270. The Hall–Kier alpha value is -7.20. The topological polar surface area (TPSA) is 118 Å². The van der Waals surface area contributed by atoms with Gasteiger partial charge in [0.05, 0.1) is 37.3 Å². The number of hydrogen-bond donors (Lipinski definition) is 4. The Kier molecular flexibility index (Phi) is 16.6. The third-order valence-corrected chi connectivity index (χ3v) is 16.1. The maximum atomic E-state index is 9.58. The second-order valence-corrected chi connectivity index (χ2v) is 23.7. The lowest BCUT2D eigenvalue weighted by atomic mass is 9.63. The van der Waals surface area contributed by atoms with E-state index in [0.717, 1.165) is 67.5 Å². The fourth-order valence-corrected chi connectivity index (χ4v) is 13.0. The van der Waals surface area contributed by atoms with Gasteiger partial charge in [0.2, 0.25) is 0 Å². The van der Waals surface area contributed by atoms with Crippen LogP contribution in [-0.2, 0) is 21.7 Å². The predicted molar refractivity (Wildman–Crippen MR) is 324 cm³/mol. The van der Waals surface area contributed by atoms with E-state index in [1.54, 1.807) is 0 Å². The van der Waals surface area contributed by atoms with Crippen LogP contribution in [0.3, 0.4) is 0 Å². The fraction of sp³-hybridized carbons (Fsp3) is 0.333. The Morgan fingerprint density at radius 3 is 0.887 bits per heavy atom. The highest BCUT2D eigenvalue weighted by atomic mass is 16.5. The van der Waals surface area contributed by atoms with E-state index in [9.17, 15) is 20.4 Å². The molecular formula is C72H80O8. The third-order valence-electron chi connectivity index (χ3n) is 16.1. The van der Waals surface area contributed by atoms with Crippen molar-refractivity contribution in [3.05, 3.63) is 235 Å². The number of hydrogen-bond acceptors (Lipinski definition) is 8. The molecule has 2 aliphatic rings. The van der Waals surface area contributed by atoms with E-state index in [1.807, 2.05) is 0 Å². The van der Waals surface area contributed by atoms with E-state index in [1.165, 1.54) is 66.8 Å². The smallest absolute Gasteiger partial charge is 0.125 e. The standard InChI is InChI=1S/C39H46O4.C33H34O4/c1-25-21-35(42-19-17-40)33(37(3,4)5)23-31(25)39(29-15-11-9-13-27(29)28-14-10-12-16-30(28)39)32-24-34(38(6,7)8)36(22-26(32)2)43-20-18-41;1-21-17-25(18-22(2)31(21)36-15-13-34)33(26-19-23(3)32(24(4)20-26)37-16-14-35)29-11-7-5-9-27(29)28-10-6-8-12-30(28)33/h9-16,21-24,40-41H,17-20H2,1-8H3;5-12,17-20,34-35H,13-16H2,1-4H3. The monoisotopic (exact) mass is 1070 g/mol.